The summed E-state index contributed by atoms with van der Waals surface area (Å²) < 4.78 is 6.64. The quantitative estimate of drug-likeness (QED) is 0.232. The van der Waals surface area contributed by atoms with Crippen LogP contribution in [0.1, 0.15) is 36.6 Å². The summed E-state index contributed by atoms with van der Waals surface area (Å²) in [6.07, 6.45) is 0. The SMILES string of the molecule is Cc1cccc(N2C(=O)C(=O)/C(=C(/O)c3ccc(Br)cc3)C2c2ccc(OCC(C)C)cc2)c1. The molecule has 0 saturated carbocycles. The molecule has 1 atom stereocenters. The number of carbonyl (C=O) groups is 2. The molecule has 0 radical (unpaired) electrons. The molecule has 1 N–H and O–H groups in total. The van der Waals surface area contributed by atoms with Gasteiger partial charge in [0.05, 0.1) is 18.2 Å². The van der Waals surface area contributed by atoms with Gasteiger partial charge in [-0.05, 0) is 60.4 Å². The summed E-state index contributed by atoms with van der Waals surface area (Å²) in [4.78, 5) is 27.9. The minimum absolute atomic E-state index is 0.0599. The predicted octanol–water partition coefficient (Wildman–Crippen LogP) is 6.42. The number of halogens is 1. The van der Waals surface area contributed by atoms with Crippen LogP contribution in [0.4, 0.5) is 5.69 Å². The minimum atomic E-state index is -0.774. The number of amides is 1. The fraction of sp³-hybridized carbons (Fsp3) is 0.214. The molecule has 1 saturated heterocycles. The maximum absolute atomic E-state index is 13.2. The van der Waals surface area contributed by atoms with Gasteiger partial charge in [0, 0.05) is 15.7 Å². The van der Waals surface area contributed by atoms with Crippen molar-refractivity contribution in [3.63, 3.8) is 0 Å². The summed E-state index contributed by atoms with van der Waals surface area (Å²) in [6, 6.07) is 21.0. The highest BCUT2D eigenvalue weighted by molar-refractivity contribution is 9.10. The number of aliphatic hydroxyl groups excluding tert-OH is 1. The Morgan fingerprint density at radius 3 is 2.32 bits per heavy atom. The lowest BCUT2D eigenvalue weighted by atomic mass is 9.95. The van der Waals surface area contributed by atoms with Gasteiger partial charge in [-0.1, -0.05) is 66.2 Å². The van der Waals surface area contributed by atoms with Crippen molar-refractivity contribution in [1.29, 1.82) is 0 Å². The molecule has 3 aromatic rings. The van der Waals surface area contributed by atoms with Crippen LogP contribution in [-0.2, 0) is 9.59 Å². The molecule has 0 spiro atoms. The normalized spacial score (nSPS) is 17.4. The number of Topliss-reactive ketones (excluding diaryl/α,β-unsaturated/α-hetero) is 1. The molecule has 1 amide bonds. The number of hydrogen-bond donors (Lipinski definition) is 1. The summed E-state index contributed by atoms with van der Waals surface area (Å²) >= 11 is 3.38. The Kier molecular flexibility index (Phi) is 6.89. The highest BCUT2D eigenvalue weighted by Crippen LogP contribution is 2.42. The Labute approximate surface area is 207 Å². The van der Waals surface area contributed by atoms with Gasteiger partial charge in [0.2, 0.25) is 0 Å². The molecule has 1 unspecified atom stereocenters. The molecule has 1 fully saturated rings. The van der Waals surface area contributed by atoms with Crippen LogP contribution in [0.25, 0.3) is 5.76 Å². The average molecular weight is 520 g/mol. The van der Waals surface area contributed by atoms with Crippen molar-refractivity contribution in [3.05, 3.63) is 99.5 Å². The van der Waals surface area contributed by atoms with E-state index in [0.29, 0.717) is 35.1 Å². The van der Waals surface area contributed by atoms with Gasteiger partial charge in [-0.3, -0.25) is 14.5 Å². The third kappa shape index (κ3) is 4.77. The molecule has 0 aliphatic carbocycles. The van der Waals surface area contributed by atoms with Crippen molar-refractivity contribution in [2.24, 2.45) is 5.92 Å². The molecule has 0 bridgehead atoms. The van der Waals surface area contributed by atoms with Gasteiger partial charge in [0.25, 0.3) is 11.7 Å². The fourth-order valence-corrected chi connectivity index (χ4v) is 4.23. The maximum Gasteiger partial charge on any atom is 0.300 e. The second-order valence-electron chi connectivity index (χ2n) is 8.79. The van der Waals surface area contributed by atoms with Crippen molar-refractivity contribution in [1.82, 2.24) is 0 Å². The molecule has 174 valence electrons. The van der Waals surface area contributed by atoms with E-state index >= 15 is 0 Å². The smallest absolute Gasteiger partial charge is 0.300 e. The lowest BCUT2D eigenvalue weighted by Crippen LogP contribution is -2.29. The van der Waals surface area contributed by atoms with Gasteiger partial charge >= 0.3 is 0 Å². The largest absolute Gasteiger partial charge is 0.507 e. The number of ketones is 1. The first-order valence-electron chi connectivity index (χ1n) is 11.1. The predicted molar refractivity (Wildman–Crippen MR) is 137 cm³/mol. The van der Waals surface area contributed by atoms with E-state index in [9.17, 15) is 14.7 Å². The van der Waals surface area contributed by atoms with Crippen molar-refractivity contribution in [2.75, 3.05) is 11.5 Å². The average Bonchev–Trinajstić information content (AvgIpc) is 3.08. The minimum Gasteiger partial charge on any atom is -0.507 e. The molecule has 5 nitrogen and oxygen atoms in total. The number of hydrogen-bond acceptors (Lipinski definition) is 4. The van der Waals surface area contributed by atoms with E-state index < -0.39 is 17.7 Å². The van der Waals surface area contributed by atoms with Gasteiger partial charge < -0.3 is 9.84 Å². The van der Waals surface area contributed by atoms with Crippen LogP contribution in [0, 0.1) is 12.8 Å². The second kappa shape index (κ2) is 9.85. The highest BCUT2D eigenvalue weighted by atomic mass is 79.9. The van der Waals surface area contributed by atoms with E-state index in [1.807, 2.05) is 49.4 Å². The molecule has 0 aromatic heterocycles. The van der Waals surface area contributed by atoms with Crippen LogP contribution < -0.4 is 9.64 Å². The first kappa shape index (κ1) is 23.8. The monoisotopic (exact) mass is 519 g/mol. The van der Waals surface area contributed by atoms with Gasteiger partial charge in [0.1, 0.15) is 11.5 Å². The number of aryl methyl sites for hydroxylation is 1. The van der Waals surface area contributed by atoms with Crippen LogP contribution in [0.5, 0.6) is 5.75 Å². The van der Waals surface area contributed by atoms with Gasteiger partial charge in [0.15, 0.2) is 0 Å². The van der Waals surface area contributed by atoms with Gasteiger partial charge in [-0.25, -0.2) is 0 Å². The van der Waals surface area contributed by atoms with Crippen LogP contribution in [-0.4, -0.2) is 23.4 Å². The van der Waals surface area contributed by atoms with E-state index in [1.54, 1.807) is 30.3 Å². The highest BCUT2D eigenvalue weighted by Gasteiger charge is 2.47. The second-order valence-corrected chi connectivity index (χ2v) is 9.70. The number of benzene rings is 3. The molecule has 6 heteroatoms. The van der Waals surface area contributed by atoms with Crippen molar-refractivity contribution >= 4 is 39.1 Å². The summed E-state index contributed by atoms with van der Waals surface area (Å²) in [7, 11) is 0. The van der Waals surface area contributed by atoms with Crippen molar-refractivity contribution < 1.29 is 19.4 Å². The number of aliphatic hydroxyl groups is 1. The zero-order valence-electron chi connectivity index (χ0n) is 19.3. The van der Waals surface area contributed by atoms with E-state index in [2.05, 4.69) is 29.8 Å². The standard InChI is InChI=1S/C28H26BrNO4/c1-17(2)16-34-23-13-9-19(10-14-23)25-24(26(31)20-7-11-21(29)12-8-20)27(32)28(33)30(25)22-6-4-5-18(3)15-22/h4-15,17,25,31H,16H2,1-3H3/b26-24+. The Morgan fingerprint density at radius 1 is 1.03 bits per heavy atom. The number of carbonyl (C=O) groups excluding carboxylic acids is 2. The van der Waals surface area contributed by atoms with E-state index in [-0.39, 0.29) is 11.3 Å². The Morgan fingerprint density at radius 2 is 1.71 bits per heavy atom. The number of rotatable bonds is 6. The van der Waals surface area contributed by atoms with Crippen LogP contribution in [0.3, 0.4) is 0 Å². The number of ether oxygens (including phenoxy) is 1. The summed E-state index contributed by atoms with van der Waals surface area (Å²) in [5.41, 5.74) is 2.79. The Hall–Kier alpha value is -3.38. The Balaban J connectivity index is 1.84. The molecule has 1 heterocycles. The van der Waals surface area contributed by atoms with E-state index in [0.717, 1.165) is 10.0 Å². The Bertz CT molecular complexity index is 1250. The van der Waals surface area contributed by atoms with E-state index in [4.69, 9.17) is 4.74 Å². The van der Waals surface area contributed by atoms with Gasteiger partial charge in [-0.2, -0.15) is 0 Å². The first-order valence-corrected chi connectivity index (χ1v) is 11.9. The third-order valence-corrected chi connectivity index (χ3v) is 6.15. The van der Waals surface area contributed by atoms with E-state index in [1.165, 1.54) is 4.90 Å². The lowest BCUT2D eigenvalue weighted by molar-refractivity contribution is -0.132. The first-order chi connectivity index (χ1) is 16.3. The molecule has 1 aliphatic heterocycles. The van der Waals surface area contributed by atoms with Crippen molar-refractivity contribution in [2.45, 2.75) is 26.8 Å². The van der Waals surface area contributed by atoms with Crippen LogP contribution in [0.15, 0.2) is 82.8 Å². The topological polar surface area (TPSA) is 66.8 Å². The summed E-state index contributed by atoms with van der Waals surface area (Å²) in [5, 5.41) is 11.2. The molecule has 1 aliphatic rings. The number of anilines is 1. The van der Waals surface area contributed by atoms with Crippen molar-refractivity contribution in [3.8, 4) is 5.75 Å². The molecular weight excluding hydrogens is 494 g/mol. The summed E-state index contributed by atoms with van der Waals surface area (Å²) in [6.45, 7) is 6.67. The lowest BCUT2D eigenvalue weighted by Gasteiger charge is -2.26. The molecular formula is C28H26BrNO4. The zero-order valence-corrected chi connectivity index (χ0v) is 20.9. The fourth-order valence-electron chi connectivity index (χ4n) is 3.96. The van der Waals surface area contributed by atoms with Crippen LogP contribution in [0.2, 0.25) is 0 Å². The third-order valence-electron chi connectivity index (χ3n) is 5.62. The molecule has 34 heavy (non-hydrogen) atoms. The number of nitrogens with zero attached hydrogens (tertiary/aromatic N) is 1. The molecule has 4 rings (SSSR count). The maximum atomic E-state index is 13.2. The zero-order chi connectivity index (χ0) is 24.4. The van der Waals surface area contributed by atoms with Crippen LogP contribution >= 0.6 is 15.9 Å². The molecule has 3 aromatic carbocycles. The summed E-state index contributed by atoms with van der Waals surface area (Å²) in [5.74, 6) is -0.496. The van der Waals surface area contributed by atoms with Gasteiger partial charge in [-0.15, -0.1) is 0 Å².